The van der Waals surface area contributed by atoms with E-state index in [1.54, 1.807) is 49.6 Å². The van der Waals surface area contributed by atoms with Gasteiger partial charge in [0, 0.05) is 17.7 Å². The Bertz CT molecular complexity index is 1030. The highest BCUT2D eigenvalue weighted by molar-refractivity contribution is 6.01. The van der Waals surface area contributed by atoms with Crippen molar-refractivity contribution in [2.45, 2.75) is 12.6 Å². The molecule has 0 bridgehead atoms. The molecule has 3 rings (SSSR count). The fourth-order valence-corrected chi connectivity index (χ4v) is 2.74. The second kappa shape index (κ2) is 11.9. The summed E-state index contributed by atoms with van der Waals surface area (Å²) in [7, 11) is 1.65. The minimum Gasteiger partial charge on any atom is -0.497 e. The van der Waals surface area contributed by atoms with Crippen LogP contribution in [-0.2, 0) is 11.3 Å². The van der Waals surface area contributed by atoms with Crippen LogP contribution >= 0.6 is 0 Å². The van der Waals surface area contributed by atoms with Crippen LogP contribution in [-0.4, -0.2) is 29.9 Å². The van der Waals surface area contributed by atoms with Crippen LogP contribution in [0.5, 0.6) is 5.75 Å². The number of nitrogens with two attached hydrogens (primary N) is 2. The topological polar surface area (TPSA) is 152 Å². The van der Waals surface area contributed by atoms with Gasteiger partial charge in [0.1, 0.15) is 11.6 Å². The van der Waals surface area contributed by atoms with Gasteiger partial charge in [0.25, 0.3) is 5.91 Å². The SMILES string of the molecule is COc1ccc(CN)cc1.N=C(N)c1cccc(C(=O)N[C@@H](C(=O)O)c2ccccc2)c1. The molecule has 1 atom stereocenters. The first-order valence-corrected chi connectivity index (χ1v) is 9.71. The van der Waals surface area contributed by atoms with E-state index in [4.69, 9.17) is 21.6 Å². The number of rotatable bonds is 7. The molecule has 0 aromatic heterocycles. The zero-order valence-corrected chi connectivity index (χ0v) is 17.6. The van der Waals surface area contributed by atoms with Crippen LogP contribution < -0.4 is 21.5 Å². The molecule has 0 aliphatic heterocycles. The third-order valence-corrected chi connectivity index (χ3v) is 4.49. The van der Waals surface area contributed by atoms with Crippen LogP contribution in [0.4, 0.5) is 0 Å². The Morgan fingerprint density at radius 2 is 1.62 bits per heavy atom. The molecule has 0 fully saturated rings. The number of carbonyl (C=O) groups excluding carboxylic acids is 1. The minimum absolute atomic E-state index is 0.160. The highest BCUT2D eigenvalue weighted by Crippen LogP contribution is 2.14. The zero-order valence-electron chi connectivity index (χ0n) is 17.6. The van der Waals surface area contributed by atoms with Crippen LogP contribution in [0.15, 0.2) is 78.9 Å². The molecule has 1 amide bonds. The Hall–Kier alpha value is -4.17. The van der Waals surface area contributed by atoms with Crippen molar-refractivity contribution in [3.8, 4) is 5.75 Å². The summed E-state index contributed by atoms with van der Waals surface area (Å²) in [5, 5.41) is 19.1. The van der Waals surface area contributed by atoms with E-state index >= 15 is 0 Å². The summed E-state index contributed by atoms with van der Waals surface area (Å²) in [4.78, 5) is 23.6. The van der Waals surface area contributed by atoms with Crippen molar-refractivity contribution in [3.63, 3.8) is 0 Å². The van der Waals surface area contributed by atoms with E-state index < -0.39 is 17.9 Å². The molecule has 8 nitrogen and oxygen atoms in total. The standard InChI is InChI=1S/C16H15N3O3.C8H11NO/c17-14(18)11-7-4-8-12(9-11)15(20)19-13(16(21)22)10-5-2-1-3-6-10;1-10-8-4-2-7(6-9)3-5-8/h1-9,13H,(H3,17,18)(H,19,20)(H,21,22);2-5H,6,9H2,1H3/t13-;/m1./s1. The first-order valence-electron chi connectivity index (χ1n) is 9.71. The number of hydrogen-bond donors (Lipinski definition) is 5. The molecule has 0 radical (unpaired) electrons. The van der Waals surface area contributed by atoms with Crippen LogP contribution in [0.3, 0.4) is 0 Å². The molecule has 166 valence electrons. The summed E-state index contributed by atoms with van der Waals surface area (Å²) in [6.45, 7) is 0.587. The van der Waals surface area contributed by atoms with E-state index in [-0.39, 0.29) is 11.4 Å². The maximum Gasteiger partial charge on any atom is 0.330 e. The van der Waals surface area contributed by atoms with Gasteiger partial charge in [-0.05, 0) is 35.4 Å². The molecule has 0 unspecified atom stereocenters. The number of carbonyl (C=O) groups is 2. The van der Waals surface area contributed by atoms with Crippen molar-refractivity contribution >= 4 is 17.7 Å². The second-order valence-electron chi connectivity index (χ2n) is 6.70. The number of hydrogen-bond acceptors (Lipinski definition) is 5. The summed E-state index contributed by atoms with van der Waals surface area (Å²) in [5.74, 6) is -0.980. The number of benzene rings is 3. The van der Waals surface area contributed by atoms with E-state index in [0.29, 0.717) is 17.7 Å². The lowest BCUT2D eigenvalue weighted by atomic mass is 10.1. The van der Waals surface area contributed by atoms with Gasteiger partial charge in [-0.15, -0.1) is 0 Å². The van der Waals surface area contributed by atoms with Gasteiger partial charge < -0.3 is 26.6 Å². The maximum atomic E-state index is 12.2. The quantitative estimate of drug-likeness (QED) is 0.285. The van der Waals surface area contributed by atoms with Crippen molar-refractivity contribution in [2.75, 3.05) is 7.11 Å². The van der Waals surface area contributed by atoms with Crippen LogP contribution in [0.1, 0.15) is 33.1 Å². The van der Waals surface area contributed by atoms with Crippen molar-refractivity contribution in [3.05, 3.63) is 101 Å². The number of nitrogens with one attached hydrogen (secondary N) is 2. The van der Waals surface area contributed by atoms with Gasteiger partial charge in [-0.3, -0.25) is 10.2 Å². The Morgan fingerprint density at radius 3 is 2.16 bits per heavy atom. The summed E-state index contributed by atoms with van der Waals surface area (Å²) in [6.07, 6.45) is 0. The summed E-state index contributed by atoms with van der Waals surface area (Å²) < 4.78 is 4.97. The Kier molecular flexibility index (Phi) is 8.94. The first kappa shape index (κ1) is 24.1. The van der Waals surface area contributed by atoms with Crippen LogP contribution in [0, 0.1) is 5.41 Å². The molecule has 3 aromatic carbocycles. The minimum atomic E-state index is -1.15. The molecule has 8 heteroatoms. The smallest absolute Gasteiger partial charge is 0.330 e. The molecule has 0 saturated heterocycles. The average Bonchev–Trinajstić information content (AvgIpc) is 2.83. The van der Waals surface area contributed by atoms with E-state index in [0.717, 1.165) is 11.3 Å². The van der Waals surface area contributed by atoms with Gasteiger partial charge in [-0.1, -0.05) is 54.6 Å². The van der Waals surface area contributed by atoms with Crippen molar-refractivity contribution in [1.29, 1.82) is 5.41 Å². The van der Waals surface area contributed by atoms with Crippen LogP contribution in [0.25, 0.3) is 0 Å². The molecule has 0 aliphatic carbocycles. The average molecular weight is 434 g/mol. The number of nitrogen functional groups attached to an aromatic ring is 1. The third-order valence-electron chi connectivity index (χ3n) is 4.49. The Morgan fingerprint density at radius 1 is 1.00 bits per heavy atom. The molecule has 0 spiro atoms. The highest BCUT2D eigenvalue weighted by atomic mass is 16.5. The predicted octanol–water partition coefficient (Wildman–Crippen LogP) is 2.68. The summed E-state index contributed by atoms with van der Waals surface area (Å²) in [5.41, 5.74) is 13.0. The highest BCUT2D eigenvalue weighted by Gasteiger charge is 2.22. The van der Waals surface area contributed by atoms with Gasteiger partial charge >= 0.3 is 5.97 Å². The molecule has 7 N–H and O–H groups in total. The molecule has 0 aliphatic rings. The number of aliphatic carboxylic acids is 1. The van der Waals surface area contributed by atoms with Crippen molar-refractivity contribution < 1.29 is 19.4 Å². The number of carboxylic acids is 1. The molecular weight excluding hydrogens is 408 g/mol. The van der Waals surface area contributed by atoms with Crippen LogP contribution in [0.2, 0.25) is 0 Å². The fraction of sp³-hybridized carbons (Fsp3) is 0.125. The summed E-state index contributed by atoms with van der Waals surface area (Å²) in [6, 6.07) is 21.2. The maximum absolute atomic E-state index is 12.2. The lowest BCUT2D eigenvalue weighted by Gasteiger charge is -2.15. The van der Waals surface area contributed by atoms with Gasteiger partial charge in [0.05, 0.1) is 7.11 Å². The van der Waals surface area contributed by atoms with Gasteiger partial charge in [-0.2, -0.15) is 0 Å². The number of methoxy groups -OCH3 is 1. The molecule has 32 heavy (non-hydrogen) atoms. The third kappa shape index (κ3) is 6.96. The largest absolute Gasteiger partial charge is 0.497 e. The number of carboxylic acid groups (broad SMARTS) is 1. The molecule has 0 heterocycles. The van der Waals surface area contributed by atoms with Gasteiger partial charge in [-0.25, -0.2) is 4.79 Å². The van der Waals surface area contributed by atoms with Crippen molar-refractivity contribution in [1.82, 2.24) is 5.32 Å². The normalized spacial score (nSPS) is 10.8. The molecule has 0 saturated carbocycles. The van der Waals surface area contributed by atoms with E-state index in [9.17, 15) is 14.7 Å². The van der Waals surface area contributed by atoms with E-state index in [1.807, 2.05) is 24.3 Å². The van der Waals surface area contributed by atoms with Crippen molar-refractivity contribution in [2.24, 2.45) is 11.5 Å². The first-order chi connectivity index (χ1) is 15.3. The van der Waals surface area contributed by atoms with Gasteiger partial charge in [0.15, 0.2) is 6.04 Å². The monoisotopic (exact) mass is 434 g/mol. The predicted molar refractivity (Wildman–Crippen MR) is 123 cm³/mol. The Labute approximate surface area is 186 Å². The Balaban J connectivity index is 0.000000303. The summed E-state index contributed by atoms with van der Waals surface area (Å²) >= 11 is 0. The lowest BCUT2D eigenvalue weighted by molar-refractivity contribution is -0.139. The molecular formula is C24H26N4O4. The molecule has 3 aromatic rings. The van der Waals surface area contributed by atoms with E-state index in [1.165, 1.54) is 12.1 Å². The lowest BCUT2D eigenvalue weighted by Crippen LogP contribution is -2.33. The van der Waals surface area contributed by atoms with E-state index in [2.05, 4.69) is 5.32 Å². The fourth-order valence-electron chi connectivity index (χ4n) is 2.74. The van der Waals surface area contributed by atoms with Gasteiger partial charge in [0.2, 0.25) is 0 Å². The number of ether oxygens (including phenoxy) is 1. The number of amidine groups is 1. The number of amides is 1. The second-order valence-corrected chi connectivity index (χ2v) is 6.70. The zero-order chi connectivity index (χ0) is 23.5.